The Morgan fingerprint density at radius 1 is 1.00 bits per heavy atom. The van der Waals surface area contributed by atoms with Crippen LogP contribution >= 0.6 is 11.3 Å². The maximum Gasteiger partial charge on any atom is 0.274 e. The first-order valence-corrected chi connectivity index (χ1v) is 11.6. The minimum Gasteiger partial charge on any atom is -0.494 e. The summed E-state index contributed by atoms with van der Waals surface area (Å²) in [5.41, 5.74) is 3.07. The molecule has 5 aromatic rings. The van der Waals surface area contributed by atoms with E-state index in [-0.39, 0.29) is 18.1 Å². The van der Waals surface area contributed by atoms with E-state index in [1.54, 1.807) is 40.8 Å². The summed E-state index contributed by atoms with van der Waals surface area (Å²) in [7, 11) is 0. The first-order valence-electron chi connectivity index (χ1n) is 10.8. The van der Waals surface area contributed by atoms with E-state index in [0.717, 1.165) is 22.3 Å². The van der Waals surface area contributed by atoms with Gasteiger partial charge >= 0.3 is 0 Å². The van der Waals surface area contributed by atoms with Crippen LogP contribution < -0.4 is 24.9 Å². The van der Waals surface area contributed by atoms with Gasteiger partial charge in [0.15, 0.2) is 11.6 Å². The first kappa shape index (κ1) is 21.7. The van der Waals surface area contributed by atoms with E-state index in [4.69, 9.17) is 9.47 Å². The van der Waals surface area contributed by atoms with Gasteiger partial charge in [-0.25, -0.2) is 9.38 Å². The van der Waals surface area contributed by atoms with Crippen molar-refractivity contribution in [3.8, 4) is 11.5 Å². The number of fused-ring (bicyclic) bond motifs is 3. The Morgan fingerprint density at radius 2 is 1.71 bits per heavy atom. The number of nitrogens with one attached hydrogen (secondary N) is 1. The number of thiazole rings is 1. The fourth-order valence-electron chi connectivity index (χ4n) is 3.57. The third-order valence-corrected chi connectivity index (χ3v) is 6.11. The van der Waals surface area contributed by atoms with E-state index in [1.165, 1.54) is 11.3 Å². The molecule has 3 aromatic carbocycles. The van der Waals surface area contributed by atoms with Crippen LogP contribution in [0.1, 0.15) is 12.5 Å². The van der Waals surface area contributed by atoms with Crippen LogP contribution in [0.3, 0.4) is 0 Å². The maximum absolute atomic E-state index is 12.9. The zero-order valence-corrected chi connectivity index (χ0v) is 19.2. The number of amides is 1. The number of carbonyl (C=O) groups excluding carboxylic acids is 1. The van der Waals surface area contributed by atoms with E-state index in [2.05, 4.69) is 10.3 Å². The summed E-state index contributed by atoms with van der Waals surface area (Å²) in [6, 6.07) is 22.0. The number of nitrogens with zero attached hydrogens (tertiary/aromatic N) is 2. The molecule has 34 heavy (non-hydrogen) atoms. The number of hydrogen-bond acceptors (Lipinski definition) is 6. The predicted octanol–water partition coefficient (Wildman–Crippen LogP) is 3.87. The molecule has 0 aliphatic rings. The van der Waals surface area contributed by atoms with Crippen LogP contribution in [0.2, 0.25) is 0 Å². The molecule has 0 bridgehead atoms. The predicted molar refractivity (Wildman–Crippen MR) is 134 cm³/mol. The zero-order chi connectivity index (χ0) is 23.5. The molecule has 2 aromatic heterocycles. The molecule has 2 heterocycles. The number of para-hydroxylation sites is 2. The molecule has 0 aliphatic heterocycles. The van der Waals surface area contributed by atoms with E-state index >= 15 is 0 Å². The van der Waals surface area contributed by atoms with Gasteiger partial charge in [0.05, 0.1) is 22.2 Å². The minimum absolute atomic E-state index is 0.0833. The first-order chi connectivity index (χ1) is 16.6. The second-order valence-electron chi connectivity index (χ2n) is 7.50. The van der Waals surface area contributed by atoms with Crippen LogP contribution in [0.15, 0.2) is 77.6 Å². The van der Waals surface area contributed by atoms with Crippen LogP contribution in [0.25, 0.3) is 22.1 Å². The van der Waals surface area contributed by atoms with Gasteiger partial charge in [-0.1, -0.05) is 35.6 Å². The van der Waals surface area contributed by atoms with E-state index < -0.39 is 0 Å². The Hall–Kier alpha value is -4.17. The zero-order valence-electron chi connectivity index (χ0n) is 18.4. The Labute approximate surface area is 198 Å². The summed E-state index contributed by atoms with van der Waals surface area (Å²) in [5.74, 6) is 1.06. The summed E-state index contributed by atoms with van der Waals surface area (Å²) < 4.78 is 13.2. The topological polar surface area (TPSA) is 81.9 Å². The summed E-state index contributed by atoms with van der Waals surface area (Å²) in [5, 5.41) is 2.79. The van der Waals surface area contributed by atoms with Crippen molar-refractivity contribution in [3.05, 3.63) is 93.2 Å². The Bertz CT molecular complexity index is 1570. The third kappa shape index (κ3) is 4.49. The van der Waals surface area contributed by atoms with Crippen molar-refractivity contribution in [1.29, 1.82) is 0 Å². The molecule has 5 rings (SSSR count). The lowest BCUT2D eigenvalue weighted by Crippen LogP contribution is -2.22. The molecule has 170 valence electrons. The van der Waals surface area contributed by atoms with Gasteiger partial charge in [0.25, 0.3) is 11.5 Å². The van der Waals surface area contributed by atoms with Crippen LogP contribution in [0, 0.1) is 0 Å². The number of imidazole rings is 1. The maximum atomic E-state index is 12.9. The van der Waals surface area contributed by atoms with Gasteiger partial charge in [0.1, 0.15) is 11.5 Å². The molecule has 0 spiro atoms. The normalized spacial score (nSPS) is 11.7. The number of ether oxygens (including phenoxy) is 2. The van der Waals surface area contributed by atoms with Crippen molar-refractivity contribution in [2.45, 2.75) is 6.92 Å². The molecule has 1 amide bonds. The number of anilines is 1. The molecule has 0 aliphatic carbocycles. The highest BCUT2D eigenvalue weighted by atomic mass is 32.1. The molecule has 7 nitrogen and oxygen atoms in total. The van der Waals surface area contributed by atoms with Crippen molar-refractivity contribution < 1.29 is 14.3 Å². The molecule has 8 heteroatoms. The number of aromatic nitrogens is 2. The van der Waals surface area contributed by atoms with Crippen molar-refractivity contribution >= 4 is 45.0 Å². The Balaban J connectivity index is 1.24. The molecular formula is C26H21N3O4S. The number of hydrogen-bond donors (Lipinski definition) is 1. The van der Waals surface area contributed by atoms with E-state index in [1.807, 2.05) is 49.4 Å². The van der Waals surface area contributed by atoms with Gasteiger partial charge in [-0.2, -0.15) is 0 Å². The smallest absolute Gasteiger partial charge is 0.274 e. The largest absolute Gasteiger partial charge is 0.494 e. The summed E-state index contributed by atoms with van der Waals surface area (Å²) >= 11 is 1.36. The highest BCUT2D eigenvalue weighted by Gasteiger charge is 2.10. The molecule has 0 saturated heterocycles. The van der Waals surface area contributed by atoms with Crippen LogP contribution in [-0.2, 0) is 4.79 Å². The summed E-state index contributed by atoms with van der Waals surface area (Å²) in [4.78, 5) is 30.3. The highest BCUT2D eigenvalue weighted by Crippen LogP contribution is 2.18. The van der Waals surface area contributed by atoms with Crippen molar-refractivity contribution in [2.75, 3.05) is 18.5 Å². The quantitative estimate of drug-likeness (QED) is 0.390. The molecule has 0 saturated carbocycles. The number of rotatable bonds is 7. The van der Waals surface area contributed by atoms with Gasteiger partial charge < -0.3 is 14.8 Å². The van der Waals surface area contributed by atoms with Crippen LogP contribution in [0.4, 0.5) is 5.69 Å². The summed E-state index contributed by atoms with van der Waals surface area (Å²) in [6.07, 6.45) is 1.83. The van der Waals surface area contributed by atoms with Crippen molar-refractivity contribution in [2.24, 2.45) is 0 Å². The average molecular weight is 472 g/mol. The van der Waals surface area contributed by atoms with Gasteiger partial charge in [-0.05, 0) is 67.1 Å². The minimum atomic E-state index is -0.259. The standard InChI is InChI=1S/C26H21N3O4S/c1-2-32-19-13-9-18(10-14-19)27-24(30)16-33-20-11-7-17(8-12-20)15-23-25(31)29-22-6-4-3-5-21(22)28-26(29)34-23/h3-15H,2,16H2,1H3,(H,27,30)/b23-15+. The molecule has 0 atom stereocenters. The average Bonchev–Trinajstić information content (AvgIpc) is 3.36. The fraction of sp³-hybridized carbons (Fsp3) is 0.115. The Morgan fingerprint density at radius 3 is 2.47 bits per heavy atom. The van der Waals surface area contributed by atoms with Crippen molar-refractivity contribution in [3.63, 3.8) is 0 Å². The van der Waals surface area contributed by atoms with Crippen molar-refractivity contribution in [1.82, 2.24) is 9.38 Å². The summed E-state index contributed by atoms with van der Waals surface area (Å²) in [6.45, 7) is 2.39. The van der Waals surface area contributed by atoms with Gasteiger partial charge in [0.2, 0.25) is 0 Å². The molecule has 1 N–H and O–H groups in total. The number of carbonyl (C=O) groups is 1. The molecule has 0 fully saturated rings. The van der Waals surface area contributed by atoms with Gasteiger partial charge in [-0.3, -0.25) is 9.59 Å². The van der Waals surface area contributed by atoms with Crippen LogP contribution in [0.5, 0.6) is 11.5 Å². The highest BCUT2D eigenvalue weighted by molar-refractivity contribution is 7.15. The molecule has 0 radical (unpaired) electrons. The second kappa shape index (κ2) is 9.36. The lowest BCUT2D eigenvalue weighted by Gasteiger charge is -2.08. The van der Waals surface area contributed by atoms with E-state index in [0.29, 0.717) is 27.5 Å². The third-order valence-electron chi connectivity index (χ3n) is 5.14. The molecule has 0 unspecified atom stereocenters. The van der Waals surface area contributed by atoms with Crippen LogP contribution in [-0.4, -0.2) is 28.5 Å². The SMILES string of the molecule is CCOc1ccc(NC(=O)COc2ccc(/C=c3/sc4nc5ccccc5n4c3=O)cc2)cc1. The second-order valence-corrected chi connectivity index (χ2v) is 8.51. The van der Waals surface area contributed by atoms with E-state index in [9.17, 15) is 9.59 Å². The number of benzene rings is 3. The van der Waals surface area contributed by atoms with Gasteiger partial charge in [-0.15, -0.1) is 0 Å². The van der Waals surface area contributed by atoms with Gasteiger partial charge in [0, 0.05) is 5.69 Å². The lowest BCUT2D eigenvalue weighted by atomic mass is 10.2. The molecular weight excluding hydrogens is 450 g/mol. The lowest BCUT2D eigenvalue weighted by molar-refractivity contribution is -0.118. The Kier molecular flexibility index (Phi) is 5.97. The monoisotopic (exact) mass is 471 g/mol. The fourth-order valence-corrected chi connectivity index (χ4v) is 4.56.